The van der Waals surface area contributed by atoms with Gasteiger partial charge in [0.05, 0.1) is 5.69 Å². The summed E-state index contributed by atoms with van der Waals surface area (Å²) in [5.74, 6) is 0.386. The van der Waals surface area contributed by atoms with E-state index in [4.69, 9.17) is 0 Å². The average Bonchev–Trinajstić information content (AvgIpc) is 3.19. The Labute approximate surface area is 145 Å². The topological polar surface area (TPSA) is 69.7 Å². The van der Waals surface area contributed by atoms with E-state index in [1.165, 1.54) is 0 Å². The molecule has 1 atom stereocenters. The molecule has 2 aromatic rings. The van der Waals surface area contributed by atoms with Gasteiger partial charge < -0.3 is 4.90 Å². The first kappa shape index (κ1) is 15.4. The maximum absolute atomic E-state index is 12.4. The number of likely N-dealkylation sites (N-methyl/N-ethyl adjacent to an activating group) is 1. The summed E-state index contributed by atoms with van der Waals surface area (Å²) in [6.45, 7) is 1.99. The SMILES string of the molecule is Cc1ccc2c(c1)C(=NN=C1CC(c3ccccc3)N=N1)C(=O)N2C. The van der Waals surface area contributed by atoms with E-state index in [-0.39, 0.29) is 11.9 Å². The number of nitrogens with zero attached hydrogens (tertiary/aromatic N) is 5. The van der Waals surface area contributed by atoms with E-state index in [0.29, 0.717) is 18.0 Å². The molecule has 0 bridgehead atoms. The zero-order chi connectivity index (χ0) is 17.4. The summed E-state index contributed by atoms with van der Waals surface area (Å²) in [6.07, 6.45) is 0.589. The summed E-state index contributed by atoms with van der Waals surface area (Å²) in [5, 5.41) is 16.8. The fraction of sp³-hybridized carbons (Fsp3) is 0.211. The molecule has 0 saturated heterocycles. The third-order valence-corrected chi connectivity index (χ3v) is 4.41. The van der Waals surface area contributed by atoms with Crippen molar-refractivity contribution in [1.82, 2.24) is 0 Å². The Balaban J connectivity index is 1.61. The second-order valence-corrected chi connectivity index (χ2v) is 6.20. The predicted molar refractivity (Wildman–Crippen MR) is 97.2 cm³/mol. The van der Waals surface area contributed by atoms with Crippen LogP contribution in [0.3, 0.4) is 0 Å². The number of fused-ring (bicyclic) bond motifs is 1. The number of carbonyl (C=O) groups excluding carboxylic acids is 1. The summed E-state index contributed by atoms with van der Waals surface area (Å²) in [4.78, 5) is 14.0. The number of carbonyl (C=O) groups is 1. The molecule has 0 N–H and O–H groups in total. The van der Waals surface area contributed by atoms with Gasteiger partial charge in [0.15, 0.2) is 11.5 Å². The molecule has 0 aromatic heterocycles. The predicted octanol–water partition coefficient (Wildman–Crippen LogP) is 3.67. The summed E-state index contributed by atoms with van der Waals surface area (Å²) in [5.41, 5.74) is 4.19. The van der Waals surface area contributed by atoms with Crippen LogP contribution in [0.5, 0.6) is 0 Å². The Kier molecular flexibility index (Phi) is 3.72. The molecule has 1 amide bonds. The van der Waals surface area contributed by atoms with Crippen LogP contribution in [0, 0.1) is 6.92 Å². The second kappa shape index (κ2) is 6.05. The summed E-state index contributed by atoms with van der Waals surface area (Å²) in [7, 11) is 1.74. The molecule has 25 heavy (non-hydrogen) atoms. The van der Waals surface area contributed by atoms with Crippen LogP contribution in [0.25, 0.3) is 0 Å². The molecule has 6 nitrogen and oxygen atoms in total. The first-order valence-corrected chi connectivity index (χ1v) is 8.13. The molecule has 6 heteroatoms. The number of aryl methyl sites for hydroxylation is 1. The van der Waals surface area contributed by atoms with Gasteiger partial charge in [-0.15, -0.1) is 15.3 Å². The number of anilines is 1. The molecule has 0 aliphatic carbocycles. The molecular weight excluding hydrogens is 314 g/mol. The lowest BCUT2D eigenvalue weighted by atomic mass is 10.1. The molecule has 0 radical (unpaired) electrons. The molecule has 2 aromatic carbocycles. The third-order valence-electron chi connectivity index (χ3n) is 4.41. The second-order valence-electron chi connectivity index (χ2n) is 6.20. The Morgan fingerprint density at radius 3 is 2.72 bits per heavy atom. The van der Waals surface area contributed by atoms with Gasteiger partial charge in [-0.05, 0) is 24.6 Å². The lowest BCUT2D eigenvalue weighted by molar-refractivity contribution is -0.111. The lowest BCUT2D eigenvalue weighted by Crippen LogP contribution is -2.25. The van der Waals surface area contributed by atoms with Crippen LogP contribution in [0.2, 0.25) is 0 Å². The molecule has 2 heterocycles. The van der Waals surface area contributed by atoms with Crippen molar-refractivity contribution in [2.24, 2.45) is 20.4 Å². The van der Waals surface area contributed by atoms with Crippen LogP contribution in [0.4, 0.5) is 5.69 Å². The number of amides is 1. The standard InChI is InChI=1S/C19H17N5O/c1-12-8-9-16-14(10-12)18(19(25)24(16)2)23-22-17-11-15(20-21-17)13-6-4-3-5-7-13/h3-10,15H,11H2,1-2H3. The Morgan fingerprint density at radius 1 is 1.12 bits per heavy atom. The van der Waals surface area contributed by atoms with Gasteiger partial charge in [-0.3, -0.25) is 4.79 Å². The number of hydrogen-bond acceptors (Lipinski definition) is 4. The lowest BCUT2D eigenvalue weighted by Gasteiger charge is -2.08. The van der Waals surface area contributed by atoms with Crippen LogP contribution < -0.4 is 4.90 Å². The number of benzene rings is 2. The van der Waals surface area contributed by atoms with E-state index in [1.807, 2.05) is 55.5 Å². The van der Waals surface area contributed by atoms with Gasteiger partial charge in [0.1, 0.15) is 6.04 Å². The van der Waals surface area contributed by atoms with Crippen molar-refractivity contribution >= 4 is 23.1 Å². The van der Waals surface area contributed by atoms with E-state index in [1.54, 1.807) is 11.9 Å². The van der Waals surface area contributed by atoms with Crippen LogP contribution in [0.1, 0.15) is 29.2 Å². The molecule has 4 rings (SSSR count). The Hall–Kier alpha value is -3.15. The molecule has 2 aliphatic heterocycles. The maximum atomic E-state index is 12.4. The highest BCUT2D eigenvalue weighted by Crippen LogP contribution is 2.30. The molecule has 2 aliphatic rings. The number of amidine groups is 1. The van der Waals surface area contributed by atoms with Gasteiger partial charge in [-0.25, -0.2) is 0 Å². The van der Waals surface area contributed by atoms with Crippen molar-refractivity contribution in [2.75, 3.05) is 11.9 Å². The minimum absolute atomic E-state index is 0.0309. The monoisotopic (exact) mass is 331 g/mol. The highest BCUT2D eigenvalue weighted by molar-refractivity contribution is 6.54. The normalized spacial score (nSPS) is 22.2. The Bertz CT molecular complexity index is 930. The third kappa shape index (κ3) is 2.76. The zero-order valence-corrected chi connectivity index (χ0v) is 14.0. The van der Waals surface area contributed by atoms with Gasteiger partial charge in [0.2, 0.25) is 0 Å². The first-order valence-electron chi connectivity index (χ1n) is 8.13. The van der Waals surface area contributed by atoms with Crippen LogP contribution in [-0.2, 0) is 4.79 Å². The Morgan fingerprint density at radius 2 is 1.92 bits per heavy atom. The largest absolute Gasteiger partial charge is 0.309 e. The highest BCUT2D eigenvalue weighted by Gasteiger charge is 2.31. The number of azo groups is 1. The molecule has 0 saturated carbocycles. The van der Waals surface area contributed by atoms with Crippen LogP contribution in [-0.4, -0.2) is 24.5 Å². The van der Waals surface area contributed by atoms with Crippen molar-refractivity contribution in [3.63, 3.8) is 0 Å². The van der Waals surface area contributed by atoms with Gasteiger partial charge in [0, 0.05) is 19.0 Å². The summed E-state index contributed by atoms with van der Waals surface area (Å²) >= 11 is 0. The minimum atomic E-state index is -0.153. The first-order chi connectivity index (χ1) is 12.1. The summed E-state index contributed by atoms with van der Waals surface area (Å²) < 4.78 is 0. The number of hydrogen-bond donors (Lipinski definition) is 0. The highest BCUT2D eigenvalue weighted by atomic mass is 16.2. The summed E-state index contributed by atoms with van der Waals surface area (Å²) in [6, 6.07) is 15.8. The van der Waals surface area contributed by atoms with E-state index in [2.05, 4.69) is 20.4 Å². The van der Waals surface area contributed by atoms with Gasteiger partial charge >= 0.3 is 0 Å². The van der Waals surface area contributed by atoms with Crippen molar-refractivity contribution in [1.29, 1.82) is 0 Å². The fourth-order valence-corrected chi connectivity index (χ4v) is 3.03. The maximum Gasteiger partial charge on any atom is 0.279 e. The van der Waals surface area contributed by atoms with Crippen molar-refractivity contribution in [3.05, 3.63) is 65.2 Å². The number of rotatable bonds is 2. The van der Waals surface area contributed by atoms with Crippen LogP contribution in [0.15, 0.2) is 69.0 Å². The molecule has 0 spiro atoms. The van der Waals surface area contributed by atoms with E-state index in [9.17, 15) is 4.79 Å². The molecule has 124 valence electrons. The van der Waals surface area contributed by atoms with Gasteiger partial charge in [-0.1, -0.05) is 42.0 Å². The van der Waals surface area contributed by atoms with Gasteiger partial charge in [-0.2, -0.15) is 5.11 Å². The average molecular weight is 331 g/mol. The van der Waals surface area contributed by atoms with Crippen molar-refractivity contribution < 1.29 is 4.79 Å². The van der Waals surface area contributed by atoms with E-state index in [0.717, 1.165) is 22.4 Å². The zero-order valence-electron chi connectivity index (χ0n) is 14.0. The molecule has 0 fully saturated rings. The van der Waals surface area contributed by atoms with Gasteiger partial charge in [0.25, 0.3) is 5.91 Å². The van der Waals surface area contributed by atoms with E-state index < -0.39 is 0 Å². The quantitative estimate of drug-likeness (QED) is 0.774. The fourth-order valence-electron chi connectivity index (χ4n) is 3.03. The smallest absolute Gasteiger partial charge is 0.279 e. The van der Waals surface area contributed by atoms with Crippen molar-refractivity contribution in [2.45, 2.75) is 19.4 Å². The molecule has 1 unspecified atom stereocenters. The molecular formula is C19H17N5O. The minimum Gasteiger partial charge on any atom is -0.309 e. The van der Waals surface area contributed by atoms with Crippen LogP contribution >= 0.6 is 0 Å². The van der Waals surface area contributed by atoms with E-state index >= 15 is 0 Å². The van der Waals surface area contributed by atoms with Crippen molar-refractivity contribution in [3.8, 4) is 0 Å².